The standard InChI is InChI=1S/C36H60F2O6Si2/c1-24(27(4)44-46(13,14)35(5,6)7)18-19-25(2)32-30(42-36(8,9)43-32)17-15-16-28-23-29(41-34(37)38)22-26(3)31(28)33(39)40-20-21-45(10,11)12/h15-16,18-19,22-25,27,30,32,34H,17,20-21H2,1-14H3/b16-15+,19-18-/t24?,25?,27-,30-,32+/m0/s1. The summed E-state index contributed by atoms with van der Waals surface area (Å²) in [5, 5.41) is 0.143. The predicted octanol–water partition coefficient (Wildman–Crippen LogP) is 10.3. The van der Waals surface area contributed by atoms with Gasteiger partial charge in [0.25, 0.3) is 0 Å². The first kappa shape index (κ1) is 40.3. The fraction of sp³-hybridized carbons (Fsp3) is 0.694. The van der Waals surface area contributed by atoms with Crippen molar-refractivity contribution >= 4 is 28.4 Å². The van der Waals surface area contributed by atoms with E-state index in [0.29, 0.717) is 29.7 Å². The topological polar surface area (TPSA) is 63.2 Å². The van der Waals surface area contributed by atoms with Gasteiger partial charge in [0.2, 0.25) is 0 Å². The van der Waals surface area contributed by atoms with E-state index in [1.165, 1.54) is 12.1 Å². The number of carbonyl (C=O) groups excluding carboxylic acids is 1. The molecule has 2 unspecified atom stereocenters. The van der Waals surface area contributed by atoms with Crippen LogP contribution in [0.1, 0.15) is 83.3 Å². The van der Waals surface area contributed by atoms with Crippen LogP contribution in [0.3, 0.4) is 0 Å². The van der Waals surface area contributed by atoms with Crippen LogP contribution >= 0.6 is 0 Å². The van der Waals surface area contributed by atoms with Gasteiger partial charge in [-0.25, -0.2) is 4.79 Å². The fourth-order valence-electron chi connectivity index (χ4n) is 5.07. The first-order valence-corrected chi connectivity index (χ1v) is 23.2. The molecule has 0 aliphatic carbocycles. The Morgan fingerprint density at radius 3 is 2.24 bits per heavy atom. The minimum Gasteiger partial charge on any atom is -0.462 e. The molecule has 1 aliphatic rings. The van der Waals surface area contributed by atoms with Crippen LogP contribution in [0.4, 0.5) is 8.78 Å². The Kier molecular flexibility index (Phi) is 14.0. The van der Waals surface area contributed by atoms with Crippen LogP contribution in [0.2, 0.25) is 43.8 Å². The number of alkyl halides is 2. The van der Waals surface area contributed by atoms with E-state index in [9.17, 15) is 13.6 Å². The summed E-state index contributed by atoms with van der Waals surface area (Å²) in [7, 11) is -3.29. The molecule has 0 spiro atoms. The summed E-state index contributed by atoms with van der Waals surface area (Å²) in [6, 6.07) is 3.73. The Morgan fingerprint density at radius 2 is 1.67 bits per heavy atom. The van der Waals surface area contributed by atoms with Gasteiger partial charge in [-0.15, -0.1) is 0 Å². The van der Waals surface area contributed by atoms with Crippen LogP contribution in [-0.4, -0.2) is 59.7 Å². The van der Waals surface area contributed by atoms with Crippen molar-refractivity contribution < 1.29 is 36.9 Å². The number of benzene rings is 1. The number of esters is 1. The van der Waals surface area contributed by atoms with Crippen LogP contribution in [0, 0.1) is 18.8 Å². The van der Waals surface area contributed by atoms with E-state index in [-0.39, 0.29) is 40.9 Å². The van der Waals surface area contributed by atoms with Gasteiger partial charge in [0.1, 0.15) is 5.75 Å². The van der Waals surface area contributed by atoms with Crippen molar-refractivity contribution in [3.05, 3.63) is 47.1 Å². The zero-order valence-electron chi connectivity index (χ0n) is 30.8. The van der Waals surface area contributed by atoms with Crippen molar-refractivity contribution in [2.75, 3.05) is 6.61 Å². The smallest absolute Gasteiger partial charge is 0.387 e. The van der Waals surface area contributed by atoms with E-state index in [4.69, 9.17) is 18.6 Å². The lowest BCUT2D eigenvalue weighted by Gasteiger charge is -2.39. The van der Waals surface area contributed by atoms with Crippen molar-refractivity contribution in [2.45, 2.75) is 143 Å². The van der Waals surface area contributed by atoms with Gasteiger partial charge in [0.15, 0.2) is 14.1 Å². The first-order valence-electron chi connectivity index (χ1n) is 16.6. The van der Waals surface area contributed by atoms with Crippen LogP contribution in [-0.2, 0) is 18.6 Å². The Morgan fingerprint density at radius 1 is 1.04 bits per heavy atom. The Labute approximate surface area is 279 Å². The molecule has 0 saturated carbocycles. The first-order chi connectivity index (χ1) is 20.9. The predicted molar refractivity (Wildman–Crippen MR) is 189 cm³/mol. The van der Waals surface area contributed by atoms with Gasteiger partial charge in [0, 0.05) is 20.1 Å². The number of rotatable bonds is 15. The quantitative estimate of drug-likeness (QED) is 0.104. The van der Waals surface area contributed by atoms with Crippen LogP contribution < -0.4 is 4.74 Å². The third-order valence-corrected chi connectivity index (χ3v) is 15.3. The third kappa shape index (κ3) is 12.3. The molecule has 1 fully saturated rings. The van der Waals surface area contributed by atoms with Crippen molar-refractivity contribution in [2.24, 2.45) is 11.8 Å². The molecule has 1 saturated heterocycles. The molecule has 0 amide bonds. The maximum Gasteiger partial charge on any atom is 0.387 e. The summed E-state index contributed by atoms with van der Waals surface area (Å²) < 4.78 is 55.7. The van der Waals surface area contributed by atoms with E-state index < -0.39 is 34.8 Å². The largest absolute Gasteiger partial charge is 0.462 e. The van der Waals surface area contributed by atoms with E-state index in [2.05, 4.69) is 91.2 Å². The lowest BCUT2D eigenvalue weighted by Crippen LogP contribution is -2.44. The number of aryl methyl sites for hydroxylation is 1. The average molecular weight is 683 g/mol. The molecule has 5 atom stereocenters. The molecule has 10 heteroatoms. The zero-order chi connectivity index (χ0) is 35.3. The van der Waals surface area contributed by atoms with Crippen molar-refractivity contribution in [1.82, 2.24) is 0 Å². The van der Waals surface area contributed by atoms with Crippen LogP contribution in [0.5, 0.6) is 5.75 Å². The maximum atomic E-state index is 13.2. The Hall–Kier alpha value is -1.86. The summed E-state index contributed by atoms with van der Waals surface area (Å²) in [5.74, 6) is -0.962. The lowest BCUT2D eigenvalue weighted by atomic mass is 9.94. The van der Waals surface area contributed by atoms with Gasteiger partial charge >= 0.3 is 12.6 Å². The van der Waals surface area contributed by atoms with Gasteiger partial charge in [-0.05, 0) is 87.5 Å². The minimum absolute atomic E-state index is 0.00935. The maximum absolute atomic E-state index is 13.2. The van der Waals surface area contributed by atoms with Crippen molar-refractivity contribution in [3.8, 4) is 5.75 Å². The number of hydrogen-bond acceptors (Lipinski definition) is 6. The van der Waals surface area contributed by atoms with Gasteiger partial charge in [0.05, 0.1) is 24.4 Å². The van der Waals surface area contributed by atoms with E-state index in [0.717, 1.165) is 6.04 Å². The molecule has 2 rings (SSSR count). The van der Waals surface area contributed by atoms with Crippen molar-refractivity contribution in [3.63, 3.8) is 0 Å². The molecule has 1 aliphatic heterocycles. The highest BCUT2D eigenvalue weighted by Gasteiger charge is 2.43. The van der Waals surface area contributed by atoms with E-state index in [1.54, 1.807) is 13.0 Å². The molecule has 1 heterocycles. The molecule has 262 valence electrons. The normalized spacial score (nSPS) is 21.2. The summed E-state index contributed by atoms with van der Waals surface area (Å²) in [6.07, 6.45) is 8.18. The van der Waals surface area contributed by atoms with Gasteiger partial charge in [-0.3, -0.25) is 0 Å². The Bertz CT molecular complexity index is 1220. The monoisotopic (exact) mass is 682 g/mol. The summed E-state index contributed by atoms with van der Waals surface area (Å²) in [6.45, 7) is 27.2. The van der Waals surface area contributed by atoms with Crippen LogP contribution in [0.15, 0.2) is 30.4 Å². The molecule has 1 aromatic rings. The number of ether oxygens (including phenoxy) is 4. The zero-order valence-corrected chi connectivity index (χ0v) is 32.8. The molecule has 6 nitrogen and oxygen atoms in total. The Balaban J connectivity index is 2.24. The van der Waals surface area contributed by atoms with Crippen LogP contribution in [0.25, 0.3) is 6.08 Å². The highest BCUT2D eigenvalue weighted by Crippen LogP contribution is 2.39. The third-order valence-electron chi connectivity index (χ3n) is 9.00. The highest BCUT2D eigenvalue weighted by atomic mass is 28.4. The van der Waals surface area contributed by atoms with E-state index in [1.807, 2.05) is 19.9 Å². The number of carbonyl (C=O) groups is 1. The lowest BCUT2D eigenvalue weighted by molar-refractivity contribution is -0.148. The summed E-state index contributed by atoms with van der Waals surface area (Å²) in [5.41, 5.74) is 1.31. The second-order valence-electron chi connectivity index (χ2n) is 16.0. The minimum atomic E-state index is -2.98. The number of hydrogen-bond donors (Lipinski definition) is 0. The summed E-state index contributed by atoms with van der Waals surface area (Å²) >= 11 is 0. The second kappa shape index (κ2) is 16.0. The molecular formula is C36H60F2O6Si2. The molecule has 0 aromatic heterocycles. The highest BCUT2D eigenvalue weighted by molar-refractivity contribution is 6.76. The second-order valence-corrected chi connectivity index (χ2v) is 26.4. The van der Waals surface area contributed by atoms with Gasteiger partial charge in [-0.1, -0.05) is 78.6 Å². The number of halogens is 2. The summed E-state index contributed by atoms with van der Waals surface area (Å²) in [4.78, 5) is 13.2. The van der Waals surface area contributed by atoms with Gasteiger partial charge < -0.3 is 23.4 Å². The average Bonchev–Trinajstić information content (AvgIpc) is 3.18. The van der Waals surface area contributed by atoms with Crippen molar-refractivity contribution in [1.29, 1.82) is 0 Å². The van der Waals surface area contributed by atoms with E-state index >= 15 is 0 Å². The molecular weight excluding hydrogens is 623 g/mol. The molecule has 1 aromatic carbocycles. The SMILES string of the molecule is Cc1cc(OC(F)F)cc(/C=C/C[C@@H]2OC(C)(C)O[C@@H]2C(C)/C=C\C(C)[C@H](C)O[Si](C)(C)C(C)(C)C)c1C(=O)OCC[Si](C)(C)C. The van der Waals surface area contributed by atoms with Gasteiger partial charge in [-0.2, -0.15) is 8.78 Å². The molecule has 0 radical (unpaired) electrons. The molecule has 0 N–H and O–H groups in total. The fourth-order valence-corrected chi connectivity index (χ4v) is 7.28. The molecule has 0 bridgehead atoms. The molecule has 46 heavy (non-hydrogen) atoms.